The predicted octanol–water partition coefficient (Wildman–Crippen LogP) is 4.81. The van der Waals surface area contributed by atoms with Crippen LogP contribution in [0.25, 0.3) is 22.3 Å². The SMILES string of the molecule is O=C(COc1c(-c2ccc(Cl)cc2)oc2ccccc2c1=O)NCc1ccccc1. The fourth-order valence-corrected chi connectivity index (χ4v) is 3.16. The highest BCUT2D eigenvalue weighted by molar-refractivity contribution is 6.30. The highest BCUT2D eigenvalue weighted by atomic mass is 35.5. The van der Waals surface area contributed by atoms with Gasteiger partial charge in [-0.1, -0.05) is 54.1 Å². The van der Waals surface area contributed by atoms with Gasteiger partial charge in [-0.3, -0.25) is 9.59 Å². The van der Waals surface area contributed by atoms with Gasteiger partial charge in [-0.15, -0.1) is 0 Å². The molecule has 0 spiro atoms. The monoisotopic (exact) mass is 419 g/mol. The third-order valence-corrected chi connectivity index (χ3v) is 4.79. The summed E-state index contributed by atoms with van der Waals surface area (Å²) >= 11 is 5.98. The van der Waals surface area contributed by atoms with Gasteiger partial charge in [0.05, 0.1) is 5.39 Å². The predicted molar refractivity (Wildman–Crippen MR) is 117 cm³/mol. The van der Waals surface area contributed by atoms with E-state index in [1.165, 1.54) is 0 Å². The summed E-state index contributed by atoms with van der Waals surface area (Å²) in [5, 5.41) is 3.72. The molecule has 6 heteroatoms. The molecule has 0 saturated carbocycles. The molecule has 1 aromatic heterocycles. The Bertz CT molecular complexity index is 1230. The highest BCUT2D eigenvalue weighted by Crippen LogP contribution is 2.31. The van der Waals surface area contributed by atoms with Crippen LogP contribution in [0.1, 0.15) is 5.56 Å². The number of rotatable bonds is 6. The molecule has 1 heterocycles. The van der Waals surface area contributed by atoms with E-state index < -0.39 is 0 Å². The largest absolute Gasteiger partial charge is 0.476 e. The third-order valence-electron chi connectivity index (χ3n) is 4.54. The molecular formula is C24H18ClNO4. The Balaban J connectivity index is 1.61. The zero-order valence-electron chi connectivity index (χ0n) is 15.9. The molecule has 150 valence electrons. The first kappa shape index (κ1) is 19.7. The van der Waals surface area contributed by atoms with Crippen molar-refractivity contribution in [2.75, 3.05) is 6.61 Å². The van der Waals surface area contributed by atoms with Crippen LogP contribution in [0.15, 0.2) is 88.1 Å². The van der Waals surface area contributed by atoms with Crippen LogP contribution in [0.5, 0.6) is 5.75 Å². The number of benzene rings is 3. The van der Waals surface area contributed by atoms with Crippen LogP contribution in [0.3, 0.4) is 0 Å². The van der Waals surface area contributed by atoms with E-state index in [2.05, 4.69) is 5.32 Å². The lowest BCUT2D eigenvalue weighted by molar-refractivity contribution is -0.123. The number of nitrogens with one attached hydrogen (secondary N) is 1. The van der Waals surface area contributed by atoms with Gasteiger partial charge in [0.25, 0.3) is 5.91 Å². The van der Waals surface area contributed by atoms with Crippen molar-refractivity contribution in [2.45, 2.75) is 6.54 Å². The van der Waals surface area contributed by atoms with E-state index in [4.69, 9.17) is 20.8 Å². The standard InChI is InChI=1S/C24H18ClNO4/c25-18-12-10-17(11-13-18)23-24(22(28)19-8-4-5-9-20(19)30-23)29-15-21(27)26-14-16-6-2-1-3-7-16/h1-13H,14-15H2,(H,26,27). The van der Waals surface area contributed by atoms with Crippen molar-refractivity contribution in [2.24, 2.45) is 0 Å². The second-order valence-corrected chi connectivity index (χ2v) is 7.08. The van der Waals surface area contributed by atoms with E-state index >= 15 is 0 Å². The van der Waals surface area contributed by atoms with E-state index in [0.29, 0.717) is 28.1 Å². The Labute approximate surface area is 177 Å². The molecule has 0 saturated heterocycles. The number of amides is 1. The molecule has 0 fully saturated rings. The van der Waals surface area contributed by atoms with Gasteiger partial charge in [0.2, 0.25) is 11.2 Å². The molecule has 0 unspecified atom stereocenters. The topological polar surface area (TPSA) is 68.5 Å². The average Bonchev–Trinajstić information content (AvgIpc) is 2.78. The first-order valence-electron chi connectivity index (χ1n) is 9.37. The molecule has 4 aromatic rings. The van der Waals surface area contributed by atoms with E-state index in [1.807, 2.05) is 30.3 Å². The fourth-order valence-electron chi connectivity index (χ4n) is 3.03. The van der Waals surface area contributed by atoms with E-state index in [-0.39, 0.29) is 29.5 Å². The molecule has 3 aromatic carbocycles. The van der Waals surface area contributed by atoms with E-state index in [9.17, 15) is 9.59 Å². The first-order chi connectivity index (χ1) is 14.6. The molecule has 0 atom stereocenters. The highest BCUT2D eigenvalue weighted by Gasteiger charge is 2.18. The van der Waals surface area contributed by atoms with Crippen LogP contribution in [0, 0.1) is 0 Å². The molecule has 0 aliphatic carbocycles. The first-order valence-corrected chi connectivity index (χ1v) is 9.75. The molecule has 0 radical (unpaired) electrons. The summed E-state index contributed by atoms with van der Waals surface area (Å²) in [4.78, 5) is 25.3. The molecule has 0 bridgehead atoms. The number of hydrogen-bond donors (Lipinski definition) is 1. The fraction of sp³-hybridized carbons (Fsp3) is 0.0833. The second-order valence-electron chi connectivity index (χ2n) is 6.64. The maximum Gasteiger partial charge on any atom is 0.258 e. The van der Waals surface area contributed by atoms with Gasteiger partial charge in [0.1, 0.15) is 5.58 Å². The molecule has 1 amide bonds. The Kier molecular flexibility index (Phi) is 5.82. The molecule has 5 nitrogen and oxygen atoms in total. The van der Waals surface area contributed by atoms with Crippen molar-refractivity contribution in [1.82, 2.24) is 5.32 Å². The molecule has 0 aliphatic rings. The lowest BCUT2D eigenvalue weighted by atomic mass is 10.1. The number of para-hydroxylation sites is 1. The van der Waals surface area contributed by atoms with E-state index in [1.54, 1.807) is 48.5 Å². The van der Waals surface area contributed by atoms with Crippen molar-refractivity contribution in [3.8, 4) is 17.1 Å². The van der Waals surface area contributed by atoms with Gasteiger partial charge >= 0.3 is 0 Å². The molecule has 1 N–H and O–H groups in total. The summed E-state index contributed by atoms with van der Waals surface area (Å²) in [5.41, 5.74) is 1.70. The Morgan fingerprint density at radius 3 is 2.40 bits per heavy atom. The third kappa shape index (κ3) is 4.36. The lowest BCUT2D eigenvalue weighted by Gasteiger charge is -2.12. The van der Waals surface area contributed by atoms with Crippen LogP contribution in [-0.4, -0.2) is 12.5 Å². The summed E-state index contributed by atoms with van der Waals surface area (Å²) < 4.78 is 11.6. The van der Waals surface area contributed by atoms with Gasteiger partial charge in [-0.2, -0.15) is 0 Å². The normalized spacial score (nSPS) is 10.7. The lowest BCUT2D eigenvalue weighted by Crippen LogP contribution is -2.29. The molecule has 0 aliphatic heterocycles. The van der Waals surface area contributed by atoms with Crippen LogP contribution in [0.2, 0.25) is 5.02 Å². The minimum atomic E-state index is -0.339. The summed E-state index contributed by atoms with van der Waals surface area (Å²) in [6.07, 6.45) is 0. The van der Waals surface area contributed by atoms with Crippen molar-refractivity contribution in [3.05, 3.63) is 99.7 Å². The zero-order valence-corrected chi connectivity index (χ0v) is 16.7. The molecular weight excluding hydrogens is 402 g/mol. The number of carbonyl (C=O) groups excluding carboxylic acids is 1. The second kappa shape index (κ2) is 8.84. The van der Waals surface area contributed by atoms with Crippen LogP contribution < -0.4 is 15.5 Å². The van der Waals surface area contributed by atoms with Crippen LogP contribution in [0.4, 0.5) is 0 Å². The van der Waals surface area contributed by atoms with Crippen LogP contribution >= 0.6 is 11.6 Å². The van der Waals surface area contributed by atoms with Gasteiger partial charge in [-0.05, 0) is 42.0 Å². The number of carbonyl (C=O) groups is 1. The molecule has 30 heavy (non-hydrogen) atoms. The minimum Gasteiger partial charge on any atom is -0.476 e. The van der Waals surface area contributed by atoms with Crippen molar-refractivity contribution < 1.29 is 13.9 Å². The maximum atomic E-state index is 13.0. The summed E-state index contributed by atoms with van der Waals surface area (Å²) in [6, 6.07) is 23.3. The molecule has 4 rings (SSSR count). The van der Waals surface area contributed by atoms with E-state index in [0.717, 1.165) is 5.56 Å². The summed E-state index contributed by atoms with van der Waals surface area (Å²) in [6.45, 7) is 0.0654. The van der Waals surface area contributed by atoms with Gasteiger partial charge in [-0.25, -0.2) is 0 Å². The number of hydrogen-bond acceptors (Lipinski definition) is 4. The Hall–Kier alpha value is -3.57. The quantitative estimate of drug-likeness (QED) is 0.487. The van der Waals surface area contributed by atoms with Crippen molar-refractivity contribution in [3.63, 3.8) is 0 Å². The number of ether oxygens (including phenoxy) is 1. The van der Waals surface area contributed by atoms with Gasteiger partial charge < -0.3 is 14.5 Å². The number of fused-ring (bicyclic) bond motifs is 1. The van der Waals surface area contributed by atoms with Crippen molar-refractivity contribution in [1.29, 1.82) is 0 Å². The number of halogens is 1. The summed E-state index contributed by atoms with van der Waals surface area (Å²) in [5.74, 6) is -0.0921. The average molecular weight is 420 g/mol. The van der Waals surface area contributed by atoms with Crippen LogP contribution in [-0.2, 0) is 11.3 Å². The zero-order chi connectivity index (χ0) is 20.9. The minimum absolute atomic E-state index is 0.00844. The Morgan fingerprint density at radius 2 is 1.63 bits per heavy atom. The van der Waals surface area contributed by atoms with Crippen molar-refractivity contribution >= 4 is 28.5 Å². The maximum absolute atomic E-state index is 13.0. The smallest absolute Gasteiger partial charge is 0.258 e. The summed E-state index contributed by atoms with van der Waals surface area (Å²) in [7, 11) is 0. The van der Waals surface area contributed by atoms with Gasteiger partial charge in [0.15, 0.2) is 12.4 Å². The Morgan fingerprint density at radius 1 is 0.933 bits per heavy atom. The van der Waals surface area contributed by atoms with Gasteiger partial charge in [0, 0.05) is 17.1 Å².